The highest BCUT2D eigenvalue weighted by Gasteiger charge is 2.30. The fourth-order valence-electron chi connectivity index (χ4n) is 3.29. The summed E-state index contributed by atoms with van der Waals surface area (Å²) in [6, 6.07) is 7.43. The van der Waals surface area contributed by atoms with Gasteiger partial charge in [0.15, 0.2) is 0 Å². The van der Waals surface area contributed by atoms with Gasteiger partial charge in [-0.1, -0.05) is 24.1 Å². The Balaban J connectivity index is 1.87. The highest BCUT2D eigenvalue weighted by atomic mass is 35.5. The molecule has 0 aromatic heterocycles. The fraction of sp³-hybridized carbons (Fsp3) is 0.350. The highest BCUT2D eigenvalue weighted by molar-refractivity contribution is 7.89. The predicted octanol–water partition coefficient (Wildman–Crippen LogP) is 4.07. The Kier molecular flexibility index (Phi) is 6.55. The van der Waals surface area contributed by atoms with Gasteiger partial charge in [-0.15, -0.1) is 0 Å². The van der Waals surface area contributed by atoms with Gasteiger partial charge in [-0.05, 0) is 43.2 Å². The Morgan fingerprint density at radius 2 is 1.79 bits per heavy atom. The third-order valence-electron chi connectivity index (χ3n) is 4.91. The van der Waals surface area contributed by atoms with E-state index in [0.717, 1.165) is 18.6 Å². The molecule has 0 bridgehead atoms. The Labute approximate surface area is 173 Å². The first-order valence-corrected chi connectivity index (χ1v) is 11.0. The quantitative estimate of drug-likeness (QED) is 0.701. The zero-order valence-corrected chi connectivity index (χ0v) is 17.4. The van der Waals surface area contributed by atoms with E-state index in [4.69, 9.17) is 11.6 Å². The van der Waals surface area contributed by atoms with E-state index in [0.29, 0.717) is 25.9 Å². The molecular weight excluding hydrogens is 422 g/mol. The summed E-state index contributed by atoms with van der Waals surface area (Å²) in [7, 11) is -2.60. The lowest BCUT2D eigenvalue weighted by atomic mass is 10.1. The van der Waals surface area contributed by atoms with E-state index in [1.165, 1.54) is 40.5 Å². The van der Waals surface area contributed by atoms with Crippen molar-refractivity contribution in [3.05, 3.63) is 64.2 Å². The molecule has 0 radical (unpaired) electrons. The zero-order valence-electron chi connectivity index (χ0n) is 15.9. The number of nitrogens with zero attached hydrogens (tertiary/aromatic N) is 2. The van der Waals surface area contributed by atoms with Gasteiger partial charge in [0.1, 0.15) is 16.5 Å². The molecule has 0 aliphatic carbocycles. The molecule has 0 spiro atoms. The largest absolute Gasteiger partial charge is 0.337 e. The zero-order chi connectivity index (χ0) is 21.2. The molecule has 0 saturated carbocycles. The molecule has 3 rings (SSSR count). The molecule has 29 heavy (non-hydrogen) atoms. The van der Waals surface area contributed by atoms with Crippen LogP contribution in [0.3, 0.4) is 0 Å². The van der Waals surface area contributed by atoms with Gasteiger partial charge < -0.3 is 4.90 Å². The van der Waals surface area contributed by atoms with Crippen LogP contribution in [0.5, 0.6) is 0 Å². The number of hydrogen-bond donors (Lipinski definition) is 0. The van der Waals surface area contributed by atoms with Crippen LogP contribution in [0.1, 0.15) is 35.2 Å². The molecule has 0 atom stereocenters. The summed E-state index contributed by atoms with van der Waals surface area (Å²) in [5.41, 5.74) is 0.144. The molecule has 2 aromatic carbocycles. The van der Waals surface area contributed by atoms with Crippen molar-refractivity contribution in [3.8, 4) is 0 Å². The van der Waals surface area contributed by atoms with E-state index in [9.17, 15) is 22.0 Å². The van der Waals surface area contributed by atoms with Crippen molar-refractivity contribution in [3.63, 3.8) is 0 Å². The molecule has 1 aliphatic heterocycles. The van der Waals surface area contributed by atoms with E-state index < -0.39 is 32.5 Å². The lowest BCUT2D eigenvalue weighted by molar-refractivity contribution is 0.0783. The van der Waals surface area contributed by atoms with Crippen molar-refractivity contribution in [1.29, 1.82) is 0 Å². The van der Waals surface area contributed by atoms with Crippen molar-refractivity contribution in [2.75, 3.05) is 20.1 Å². The van der Waals surface area contributed by atoms with Crippen molar-refractivity contribution < 1.29 is 22.0 Å². The molecule has 5 nitrogen and oxygen atoms in total. The first kappa shape index (κ1) is 21.7. The molecule has 1 amide bonds. The number of piperidine rings is 1. The number of carbonyl (C=O) groups is 1. The van der Waals surface area contributed by atoms with Crippen molar-refractivity contribution in [1.82, 2.24) is 9.21 Å². The van der Waals surface area contributed by atoms with E-state index >= 15 is 0 Å². The van der Waals surface area contributed by atoms with Gasteiger partial charge in [0.25, 0.3) is 5.91 Å². The predicted molar refractivity (Wildman–Crippen MR) is 106 cm³/mol. The minimum absolute atomic E-state index is 0.00283. The topological polar surface area (TPSA) is 57.7 Å². The Bertz CT molecular complexity index is 1000. The molecule has 0 N–H and O–H groups in total. The molecule has 9 heteroatoms. The average Bonchev–Trinajstić information content (AvgIpc) is 2.71. The summed E-state index contributed by atoms with van der Waals surface area (Å²) in [6.45, 7) is 0.535. The number of carbonyl (C=O) groups excluding carboxylic acids is 1. The standard InChI is InChI=1S/C20H21ClF2N2O3S/c1-24(13-15-16(21)6-5-7-17(15)22)20(26)14-8-9-18(23)19(12-14)29(27,28)25-10-3-2-4-11-25/h5-9,12H,2-4,10-11,13H2,1H3. The average molecular weight is 443 g/mol. The van der Waals surface area contributed by atoms with Crippen LogP contribution in [0.25, 0.3) is 0 Å². The summed E-state index contributed by atoms with van der Waals surface area (Å²) in [5, 5.41) is 0.178. The van der Waals surface area contributed by atoms with Crippen LogP contribution in [-0.2, 0) is 16.6 Å². The molecular formula is C20H21ClF2N2O3S. The second-order valence-electron chi connectivity index (χ2n) is 6.97. The van der Waals surface area contributed by atoms with Gasteiger partial charge >= 0.3 is 0 Å². The molecule has 0 unspecified atom stereocenters. The fourth-order valence-corrected chi connectivity index (χ4v) is 5.12. The first-order chi connectivity index (χ1) is 13.7. The van der Waals surface area contributed by atoms with Gasteiger partial charge in [-0.3, -0.25) is 4.79 Å². The molecule has 1 fully saturated rings. The van der Waals surface area contributed by atoms with E-state index in [2.05, 4.69) is 0 Å². The smallest absolute Gasteiger partial charge is 0.253 e. The van der Waals surface area contributed by atoms with Crippen LogP contribution in [0, 0.1) is 11.6 Å². The van der Waals surface area contributed by atoms with Gasteiger partial charge in [0.2, 0.25) is 10.0 Å². The van der Waals surface area contributed by atoms with Gasteiger partial charge in [0, 0.05) is 42.8 Å². The van der Waals surface area contributed by atoms with Gasteiger partial charge in [0.05, 0.1) is 0 Å². The molecule has 1 aliphatic rings. The Morgan fingerprint density at radius 1 is 1.10 bits per heavy atom. The van der Waals surface area contributed by atoms with E-state index in [1.807, 2.05) is 0 Å². The number of sulfonamides is 1. The van der Waals surface area contributed by atoms with Crippen LogP contribution in [0.2, 0.25) is 5.02 Å². The number of rotatable bonds is 5. The monoisotopic (exact) mass is 442 g/mol. The first-order valence-electron chi connectivity index (χ1n) is 9.20. The van der Waals surface area contributed by atoms with Crippen LogP contribution < -0.4 is 0 Å². The minimum atomic E-state index is -4.04. The number of amides is 1. The minimum Gasteiger partial charge on any atom is -0.337 e. The van der Waals surface area contributed by atoms with E-state index in [1.54, 1.807) is 0 Å². The summed E-state index contributed by atoms with van der Waals surface area (Å²) in [6.07, 6.45) is 2.35. The van der Waals surface area contributed by atoms with Crippen molar-refractivity contribution in [2.24, 2.45) is 0 Å². The Hall–Kier alpha value is -2.03. The number of halogens is 3. The summed E-state index contributed by atoms with van der Waals surface area (Å²) in [4.78, 5) is 13.4. The summed E-state index contributed by atoms with van der Waals surface area (Å²) >= 11 is 6.00. The molecule has 1 saturated heterocycles. The van der Waals surface area contributed by atoms with Crippen molar-refractivity contribution in [2.45, 2.75) is 30.7 Å². The maximum atomic E-state index is 14.3. The summed E-state index contributed by atoms with van der Waals surface area (Å²) < 4.78 is 55.2. The third-order valence-corrected chi connectivity index (χ3v) is 7.18. The maximum Gasteiger partial charge on any atom is 0.253 e. The van der Waals surface area contributed by atoms with Crippen LogP contribution >= 0.6 is 11.6 Å². The Morgan fingerprint density at radius 3 is 2.45 bits per heavy atom. The number of benzene rings is 2. The van der Waals surface area contributed by atoms with E-state index in [-0.39, 0.29) is 22.7 Å². The normalized spacial score (nSPS) is 15.3. The second-order valence-corrected chi connectivity index (χ2v) is 9.28. The van der Waals surface area contributed by atoms with Crippen LogP contribution in [0.15, 0.2) is 41.3 Å². The highest BCUT2D eigenvalue weighted by Crippen LogP contribution is 2.25. The lowest BCUT2D eigenvalue weighted by Gasteiger charge is -2.26. The molecule has 2 aromatic rings. The second kappa shape index (κ2) is 8.77. The summed E-state index contributed by atoms with van der Waals surface area (Å²) in [5.74, 6) is -2.03. The van der Waals surface area contributed by atoms with Gasteiger partial charge in [-0.25, -0.2) is 17.2 Å². The van der Waals surface area contributed by atoms with Gasteiger partial charge in [-0.2, -0.15) is 4.31 Å². The van der Waals surface area contributed by atoms with Crippen LogP contribution in [0.4, 0.5) is 8.78 Å². The van der Waals surface area contributed by atoms with Crippen molar-refractivity contribution >= 4 is 27.5 Å². The SMILES string of the molecule is CN(Cc1c(F)cccc1Cl)C(=O)c1ccc(F)c(S(=O)(=O)N2CCCCC2)c1. The maximum absolute atomic E-state index is 14.3. The van der Waals surface area contributed by atoms with Crippen LogP contribution in [-0.4, -0.2) is 43.7 Å². The number of hydrogen-bond acceptors (Lipinski definition) is 3. The third kappa shape index (κ3) is 4.60. The molecule has 1 heterocycles. The lowest BCUT2D eigenvalue weighted by Crippen LogP contribution is -2.36. The molecule has 156 valence electrons.